The van der Waals surface area contributed by atoms with E-state index in [0.717, 1.165) is 31.2 Å². The van der Waals surface area contributed by atoms with E-state index in [1.807, 2.05) is 38.1 Å². The maximum absolute atomic E-state index is 13.3. The number of aliphatic hydroxyl groups is 1. The van der Waals surface area contributed by atoms with Gasteiger partial charge in [0.1, 0.15) is 0 Å². The second-order valence-corrected chi connectivity index (χ2v) is 13.4. The topological polar surface area (TPSA) is 120 Å². The Morgan fingerprint density at radius 2 is 1.63 bits per heavy atom. The van der Waals surface area contributed by atoms with Gasteiger partial charge in [-0.3, -0.25) is 14.4 Å². The second-order valence-electron chi connectivity index (χ2n) is 11.4. The maximum atomic E-state index is 13.3. The number of piperidine rings is 1. The van der Waals surface area contributed by atoms with Gasteiger partial charge in [0.25, 0.3) is 0 Å². The molecular weight excluding hydrogens is 508 g/mol. The molecule has 38 heavy (non-hydrogen) atoms. The zero-order chi connectivity index (χ0) is 27.2. The Bertz CT molecular complexity index is 1320. The molecule has 1 aromatic heterocycles. The molecule has 2 bridgehead atoms. The minimum Gasteiger partial charge on any atom is -0.390 e. The number of benzene rings is 1. The quantitative estimate of drug-likeness (QED) is 0.527. The van der Waals surface area contributed by atoms with E-state index in [0.29, 0.717) is 44.8 Å². The molecule has 0 aliphatic carbocycles. The number of carbonyl (C=O) groups excluding carboxylic acids is 1. The predicted molar refractivity (Wildman–Crippen MR) is 146 cm³/mol. The highest BCUT2D eigenvalue weighted by Gasteiger charge is 2.42. The first kappa shape index (κ1) is 27.3. The first-order chi connectivity index (χ1) is 18.0. The van der Waals surface area contributed by atoms with Crippen LogP contribution >= 0.6 is 0 Å². The number of rotatable bonds is 7. The Morgan fingerprint density at radius 1 is 1.03 bits per heavy atom. The van der Waals surface area contributed by atoms with Crippen molar-refractivity contribution >= 4 is 27.1 Å². The lowest BCUT2D eigenvalue weighted by molar-refractivity contribution is 0.0287. The monoisotopic (exact) mass is 548 g/mol. The number of sulfonamides is 1. The van der Waals surface area contributed by atoms with E-state index in [1.165, 1.54) is 15.1 Å². The van der Waals surface area contributed by atoms with Crippen molar-refractivity contribution < 1.29 is 18.3 Å². The number of nitrogens with zero attached hydrogens (tertiary/aromatic N) is 5. The molecule has 0 saturated carbocycles. The van der Waals surface area contributed by atoms with Crippen molar-refractivity contribution in [1.29, 1.82) is 0 Å². The maximum Gasteiger partial charge on any atom is 0.337 e. The van der Waals surface area contributed by atoms with E-state index in [2.05, 4.69) is 15.1 Å². The third-order valence-electron chi connectivity index (χ3n) is 8.40. The Labute approximate surface area is 224 Å². The smallest absolute Gasteiger partial charge is 0.337 e. The van der Waals surface area contributed by atoms with Gasteiger partial charge >= 0.3 is 11.7 Å². The number of β-amino-alcohol motifs (C(OH)–C–C–N with tert-alkyl or cyclic N) is 1. The minimum absolute atomic E-state index is 0.0227. The summed E-state index contributed by atoms with van der Waals surface area (Å²) in [6.45, 7) is 7.14. The number of fused-ring (bicyclic) bond motifs is 3. The number of aromatic nitrogens is 2. The average molecular weight is 549 g/mol. The fourth-order valence-corrected chi connectivity index (χ4v) is 7.46. The lowest BCUT2D eigenvalue weighted by Crippen LogP contribution is -2.55. The van der Waals surface area contributed by atoms with Gasteiger partial charge in [-0.05, 0) is 51.7 Å². The Balaban J connectivity index is 1.18. The molecule has 1 amide bonds. The van der Waals surface area contributed by atoms with Gasteiger partial charge < -0.3 is 10.4 Å². The molecule has 2 aromatic rings. The van der Waals surface area contributed by atoms with Crippen LogP contribution in [-0.2, 0) is 10.0 Å². The van der Waals surface area contributed by atoms with Crippen LogP contribution in [0.5, 0.6) is 0 Å². The van der Waals surface area contributed by atoms with Gasteiger partial charge in [-0.25, -0.2) is 22.6 Å². The summed E-state index contributed by atoms with van der Waals surface area (Å²) in [5, 5.41) is 14.0. The van der Waals surface area contributed by atoms with E-state index in [1.54, 1.807) is 4.57 Å². The molecule has 0 spiro atoms. The van der Waals surface area contributed by atoms with Gasteiger partial charge in [0.2, 0.25) is 10.0 Å². The predicted octanol–water partition coefficient (Wildman–Crippen LogP) is 0.875. The van der Waals surface area contributed by atoms with Crippen molar-refractivity contribution in [3.8, 4) is 0 Å². The number of imidazole rings is 1. The zero-order valence-electron chi connectivity index (χ0n) is 22.5. The van der Waals surface area contributed by atoms with Crippen LogP contribution in [0.25, 0.3) is 11.0 Å². The summed E-state index contributed by atoms with van der Waals surface area (Å²) in [6, 6.07) is 7.50. The van der Waals surface area contributed by atoms with Gasteiger partial charge in [0.15, 0.2) is 0 Å². The molecule has 4 heterocycles. The molecule has 3 atom stereocenters. The molecule has 0 radical (unpaired) electrons. The van der Waals surface area contributed by atoms with E-state index in [-0.39, 0.29) is 35.9 Å². The first-order valence-electron chi connectivity index (χ1n) is 13.7. The fourth-order valence-electron chi connectivity index (χ4n) is 6.64. The van der Waals surface area contributed by atoms with Gasteiger partial charge in [-0.2, -0.15) is 4.31 Å². The summed E-state index contributed by atoms with van der Waals surface area (Å²) in [6.07, 6.45) is 4.36. The van der Waals surface area contributed by atoms with Crippen LogP contribution in [0.1, 0.15) is 45.6 Å². The highest BCUT2D eigenvalue weighted by molar-refractivity contribution is 7.88. The molecule has 3 aliphatic rings. The number of hydrogen-bond donors (Lipinski definition) is 2. The second kappa shape index (κ2) is 10.7. The third kappa shape index (κ3) is 5.42. The van der Waals surface area contributed by atoms with Gasteiger partial charge in [0.05, 0.1) is 23.4 Å². The summed E-state index contributed by atoms with van der Waals surface area (Å²) in [7, 11) is -3.17. The molecule has 2 N–H and O–H groups in total. The van der Waals surface area contributed by atoms with Crippen LogP contribution in [0.2, 0.25) is 0 Å². The molecule has 3 saturated heterocycles. The van der Waals surface area contributed by atoms with Crippen LogP contribution in [-0.4, -0.2) is 113 Å². The van der Waals surface area contributed by atoms with E-state index in [4.69, 9.17) is 0 Å². The number of piperazine rings is 1. The van der Waals surface area contributed by atoms with Gasteiger partial charge in [0, 0.05) is 63.4 Å². The number of para-hydroxylation sites is 2. The van der Waals surface area contributed by atoms with Crippen molar-refractivity contribution in [3.63, 3.8) is 0 Å². The first-order valence-corrected chi connectivity index (χ1v) is 15.5. The number of carbonyl (C=O) groups is 1. The molecule has 12 heteroatoms. The molecular formula is C26H40N6O5S. The van der Waals surface area contributed by atoms with Crippen LogP contribution in [0.3, 0.4) is 0 Å². The molecule has 3 aliphatic heterocycles. The lowest BCUT2D eigenvalue weighted by atomic mass is 9.97. The van der Waals surface area contributed by atoms with Crippen LogP contribution in [0, 0.1) is 0 Å². The number of amides is 1. The Kier molecular flexibility index (Phi) is 7.71. The summed E-state index contributed by atoms with van der Waals surface area (Å²) in [4.78, 5) is 31.0. The standard InChI is InChI=1S/C26H40N6O5S/c1-18(2)31-23-6-4-5-7-24(23)32(26(31)35)25(34)27-19-14-20-8-9-21(15-19)30(20)17-22(33)16-28-10-12-29(13-11-28)38(3,36)37/h4-7,18-22,33H,8-17H2,1-3H3,(H,27,34)/t19?,20?,21?,22-/m1/s1. The number of aliphatic hydroxyl groups excluding tert-OH is 1. The van der Waals surface area contributed by atoms with Crippen molar-refractivity contribution in [2.75, 3.05) is 45.5 Å². The summed E-state index contributed by atoms with van der Waals surface area (Å²) >= 11 is 0. The molecule has 11 nitrogen and oxygen atoms in total. The zero-order valence-corrected chi connectivity index (χ0v) is 23.3. The normalized spacial score (nSPS) is 26.3. The molecule has 3 fully saturated rings. The SMILES string of the molecule is CC(C)n1c(=O)n(C(=O)NC2CC3CCC(C2)N3C[C@H](O)CN2CCN(S(C)(=O)=O)CC2)c2ccccc21. The van der Waals surface area contributed by atoms with E-state index >= 15 is 0 Å². The molecule has 5 rings (SSSR count). The minimum atomic E-state index is -3.17. The van der Waals surface area contributed by atoms with Gasteiger partial charge in [-0.15, -0.1) is 0 Å². The molecule has 1 aromatic carbocycles. The van der Waals surface area contributed by atoms with Crippen molar-refractivity contribution in [2.24, 2.45) is 0 Å². The highest BCUT2D eigenvalue weighted by Crippen LogP contribution is 2.36. The molecule has 210 valence electrons. The van der Waals surface area contributed by atoms with Crippen molar-refractivity contribution in [1.82, 2.24) is 28.6 Å². The van der Waals surface area contributed by atoms with Crippen molar-refractivity contribution in [3.05, 3.63) is 34.7 Å². The van der Waals surface area contributed by atoms with Gasteiger partial charge in [-0.1, -0.05) is 12.1 Å². The largest absolute Gasteiger partial charge is 0.390 e. The summed E-state index contributed by atoms with van der Waals surface area (Å²) < 4.78 is 27.9. The highest BCUT2D eigenvalue weighted by atomic mass is 32.2. The summed E-state index contributed by atoms with van der Waals surface area (Å²) in [5.74, 6) is 0. The van der Waals surface area contributed by atoms with E-state index < -0.39 is 16.1 Å². The fraction of sp³-hybridized carbons (Fsp3) is 0.692. The lowest BCUT2D eigenvalue weighted by Gasteiger charge is -2.41. The number of nitrogens with one attached hydrogen (secondary N) is 1. The van der Waals surface area contributed by atoms with Crippen LogP contribution < -0.4 is 11.0 Å². The average Bonchev–Trinajstić information content (AvgIpc) is 3.26. The molecule has 2 unspecified atom stereocenters. The van der Waals surface area contributed by atoms with Crippen molar-refractivity contribution in [2.45, 2.75) is 69.8 Å². The Hall–Kier alpha value is -2.25. The number of hydrogen-bond acceptors (Lipinski definition) is 7. The van der Waals surface area contributed by atoms with E-state index in [9.17, 15) is 23.1 Å². The Morgan fingerprint density at radius 3 is 2.21 bits per heavy atom. The van der Waals surface area contributed by atoms with Crippen LogP contribution in [0.15, 0.2) is 29.1 Å². The van der Waals surface area contributed by atoms with Crippen LogP contribution in [0.4, 0.5) is 4.79 Å². The summed E-state index contributed by atoms with van der Waals surface area (Å²) in [5.41, 5.74) is 1.05. The third-order valence-corrected chi connectivity index (χ3v) is 9.70.